The maximum absolute atomic E-state index is 12.2. The molecule has 0 atom stereocenters. The van der Waals surface area contributed by atoms with Gasteiger partial charge in [-0.25, -0.2) is 4.68 Å². The van der Waals surface area contributed by atoms with Gasteiger partial charge in [-0.15, -0.1) is 11.3 Å². The van der Waals surface area contributed by atoms with Crippen molar-refractivity contribution in [2.24, 2.45) is 0 Å². The molecule has 0 saturated carbocycles. The Balaban J connectivity index is 1.67. The van der Waals surface area contributed by atoms with E-state index < -0.39 is 0 Å². The Kier molecular flexibility index (Phi) is 4.95. The summed E-state index contributed by atoms with van der Waals surface area (Å²) in [5.74, 6) is -0.540. The van der Waals surface area contributed by atoms with Gasteiger partial charge in [0.15, 0.2) is 0 Å². The molecule has 0 saturated heterocycles. The van der Waals surface area contributed by atoms with E-state index in [0.29, 0.717) is 10.6 Å². The first-order valence-corrected chi connectivity index (χ1v) is 8.67. The fourth-order valence-electron chi connectivity index (χ4n) is 2.48. The number of nitrogens with one attached hydrogen (secondary N) is 2. The van der Waals surface area contributed by atoms with Crippen LogP contribution in [0.5, 0.6) is 0 Å². The highest BCUT2D eigenvalue weighted by Gasteiger charge is 2.16. The van der Waals surface area contributed by atoms with E-state index in [1.54, 1.807) is 16.8 Å². The molecule has 6 nitrogen and oxygen atoms in total. The van der Waals surface area contributed by atoms with Gasteiger partial charge < -0.3 is 10.6 Å². The zero-order valence-electron chi connectivity index (χ0n) is 13.9. The number of anilines is 1. The van der Waals surface area contributed by atoms with E-state index >= 15 is 0 Å². The Morgan fingerprint density at radius 1 is 1.12 bits per heavy atom. The zero-order chi connectivity index (χ0) is 17.8. The number of rotatable bonds is 5. The number of thiophene rings is 1. The fourth-order valence-corrected chi connectivity index (χ4v) is 3.12. The van der Waals surface area contributed by atoms with E-state index in [4.69, 9.17) is 0 Å². The molecule has 2 N–H and O–H groups in total. The van der Waals surface area contributed by atoms with E-state index in [-0.39, 0.29) is 18.4 Å². The van der Waals surface area contributed by atoms with Crippen LogP contribution < -0.4 is 10.6 Å². The van der Waals surface area contributed by atoms with Crippen LogP contribution in [0, 0.1) is 13.8 Å². The van der Waals surface area contributed by atoms with Gasteiger partial charge >= 0.3 is 0 Å². The first-order valence-electron chi connectivity index (χ1n) is 7.79. The minimum atomic E-state index is -0.288. The standard InChI is InChI=1S/C18H18N4O2S/c1-12-17(13(2)22(21-12)14-7-4-3-5-8-14)20-16(23)11-19-18(24)15-9-6-10-25-15/h3-10H,11H2,1-2H3,(H,19,24)(H,20,23). The van der Waals surface area contributed by atoms with Crippen LogP contribution in [-0.2, 0) is 4.79 Å². The lowest BCUT2D eigenvalue weighted by molar-refractivity contribution is -0.115. The third kappa shape index (κ3) is 3.77. The predicted molar refractivity (Wildman–Crippen MR) is 98.3 cm³/mol. The minimum Gasteiger partial charge on any atom is -0.342 e. The van der Waals surface area contributed by atoms with Gasteiger partial charge in [0.2, 0.25) is 5.91 Å². The normalized spacial score (nSPS) is 10.5. The Morgan fingerprint density at radius 3 is 2.56 bits per heavy atom. The van der Waals surface area contributed by atoms with E-state index in [1.165, 1.54) is 11.3 Å². The average Bonchev–Trinajstić information content (AvgIpc) is 3.25. The molecule has 0 unspecified atom stereocenters. The number of benzene rings is 1. The lowest BCUT2D eigenvalue weighted by Gasteiger charge is -2.08. The lowest BCUT2D eigenvalue weighted by atomic mass is 10.3. The van der Waals surface area contributed by atoms with Crippen LogP contribution in [0.25, 0.3) is 5.69 Å². The highest BCUT2D eigenvalue weighted by molar-refractivity contribution is 7.12. The molecule has 0 aliphatic heterocycles. The van der Waals surface area contributed by atoms with Gasteiger partial charge in [-0.2, -0.15) is 5.10 Å². The van der Waals surface area contributed by atoms with E-state index in [9.17, 15) is 9.59 Å². The third-order valence-corrected chi connectivity index (χ3v) is 4.58. The zero-order valence-corrected chi connectivity index (χ0v) is 14.8. The molecule has 0 fully saturated rings. The summed E-state index contributed by atoms with van der Waals surface area (Å²) in [5.41, 5.74) is 3.15. The smallest absolute Gasteiger partial charge is 0.261 e. The van der Waals surface area contributed by atoms with Crippen LogP contribution in [0.2, 0.25) is 0 Å². The van der Waals surface area contributed by atoms with Crippen molar-refractivity contribution in [2.45, 2.75) is 13.8 Å². The monoisotopic (exact) mass is 354 g/mol. The quantitative estimate of drug-likeness (QED) is 0.740. The minimum absolute atomic E-state index is 0.0911. The van der Waals surface area contributed by atoms with Crippen molar-refractivity contribution in [2.75, 3.05) is 11.9 Å². The number of hydrogen-bond donors (Lipinski definition) is 2. The summed E-state index contributed by atoms with van der Waals surface area (Å²) in [5, 5.41) is 11.8. The summed E-state index contributed by atoms with van der Waals surface area (Å²) < 4.78 is 1.79. The average molecular weight is 354 g/mol. The number of nitrogens with zero attached hydrogens (tertiary/aromatic N) is 2. The lowest BCUT2D eigenvalue weighted by Crippen LogP contribution is -2.32. The van der Waals surface area contributed by atoms with Crippen molar-refractivity contribution < 1.29 is 9.59 Å². The second-order valence-corrected chi connectivity index (χ2v) is 6.45. The molecule has 0 spiro atoms. The largest absolute Gasteiger partial charge is 0.342 e. The molecule has 2 aromatic heterocycles. The number of para-hydroxylation sites is 1. The van der Waals surface area contributed by atoms with Gasteiger partial charge in [0, 0.05) is 0 Å². The second kappa shape index (κ2) is 7.31. The van der Waals surface area contributed by atoms with Crippen LogP contribution in [0.4, 0.5) is 5.69 Å². The molecule has 0 aliphatic rings. The summed E-state index contributed by atoms with van der Waals surface area (Å²) in [6.07, 6.45) is 0. The van der Waals surface area contributed by atoms with E-state index in [0.717, 1.165) is 17.1 Å². The van der Waals surface area contributed by atoms with E-state index in [1.807, 2.05) is 49.6 Å². The highest BCUT2D eigenvalue weighted by atomic mass is 32.1. The first kappa shape index (κ1) is 16.9. The number of carbonyl (C=O) groups is 2. The molecule has 0 radical (unpaired) electrons. The number of aryl methyl sites for hydroxylation is 1. The van der Waals surface area contributed by atoms with Crippen LogP contribution in [0.15, 0.2) is 47.8 Å². The van der Waals surface area contributed by atoms with Crippen LogP contribution in [0.3, 0.4) is 0 Å². The molecular weight excluding hydrogens is 336 g/mol. The van der Waals surface area contributed by atoms with Crippen molar-refractivity contribution >= 4 is 28.8 Å². The molecule has 3 aromatic rings. The van der Waals surface area contributed by atoms with Crippen LogP contribution >= 0.6 is 11.3 Å². The SMILES string of the molecule is Cc1nn(-c2ccccc2)c(C)c1NC(=O)CNC(=O)c1cccs1. The highest BCUT2D eigenvalue weighted by Crippen LogP contribution is 2.22. The maximum atomic E-state index is 12.2. The molecule has 1 aromatic carbocycles. The molecule has 128 valence electrons. The molecule has 7 heteroatoms. The Hall–Kier alpha value is -2.93. The molecule has 2 amide bonds. The summed E-state index contributed by atoms with van der Waals surface area (Å²) in [7, 11) is 0. The van der Waals surface area contributed by atoms with E-state index in [2.05, 4.69) is 15.7 Å². The van der Waals surface area contributed by atoms with Gasteiger partial charge in [-0.3, -0.25) is 9.59 Å². The molecule has 25 heavy (non-hydrogen) atoms. The van der Waals surface area contributed by atoms with Gasteiger partial charge in [0.25, 0.3) is 5.91 Å². The fraction of sp³-hybridized carbons (Fsp3) is 0.167. The molecular formula is C18H18N4O2S. The summed E-state index contributed by atoms with van der Waals surface area (Å²) >= 11 is 1.34. The topological polar surface area (TPSA) is 76.0 Å². The summed E-state index contributed by atoms with van der Waals surface area (Å²) in [6.45, 7) is 3.64. The van der Waals surface area contributed by atoms with Crippen molar-refractivity contribution in [3.63, 3.8) is 0 Å². The summed E-state index contributed by atoms with van der Waals surface area (Å²) in [6, 6.07) is 13.2. The predicted octanol–water partition coefficient (Wildman–Crippen LogP) is 2.92. The number of hydrogen-bond acceptors (Lipinski definition) is 4. The van der Waals surface area contributed by atoms with Crippen molar-refractivity contribution in [3.8, 4) is 5.69 Å². The molecule has 2 heterocycles. The molecule has 0 aliphatic carbocycles. The first-order chi connectivity index (χ1) is 12.1. The number of carbonyl (C=O) groups excluding carboxylic acids is 2. The molecule has 0 bridgehead atoms. The maximum Gasteiger partial charge on any atom is 0.261 e. The second-order valence-electron chi connectivity index (χ2n) is 5.50. The Labute approximate surface area is 149 Å². The number of amides is 2. The third-order valence-electron chi connectivity index (χ3n) is 3.71. The Morgan fingerprint density at radius 2 is 1.88 bits per heavy atom. The van der Waals surface area contributed by atoms with Crippen molar-refractivity contribution in [3.05, 3.63) is 64.1 Å². The Bertz CT molecular complexity index is 885. The van der Waals surface area contributed by atoms with Crippen molar-refractivity contribution in [1.82, 2.24) is 15.1 Å². The van der Waals surface area contributed by atoms with Gasteiger partial charge in [0.1, 0.15) is 0 Å². The van der Waals surface area contributed by atoms with Crippen molar-refractivity contribution in [1.29, 1.82) is 0 Å². The number of aromatic nitrogens is 2. The van der Waals surface area contributed by atoms with Gasteiger partial charge in [-0.1, -0.05) is 24.3 Å². The van der Waals surface area contributed by atoms with Gasteiger partial charge in [-0.05, 0) is 37.4 Å². The van der Waals surface area contributed by atoms with Crippen LogP contribution in [0.1, 0.15) is 21.1 Å². The molecule has 3 rings (SSSR count). The van der Waals surface area contributed by atoms with Crippen LogP contribution in [-0.4, -0.2) is 28.1 Å². The van der Waals surface area contributed by atoms with Gasteiger partial charge in [0.05, 0.1) is 34.2 Å². The summed E-state index contributed by atoms with van der Waals surface area (Å²) in [4.78, 5) is 24.6.